The molecule has 1 amide bonds. The topological polar surface area (TPSA) is 40.5 Å². The van der Waals surface area contributed by atoms with Crippen LogP contribution in [-0.2, 0) is 10.2 Å². The highest BCUT2D eigenvalue weighted by Crippen LogP contribution is 2.34. The highest BCUT2D eigenvalue weighted by Gasteiger charge is 2.45. The van der Waals surface area contributed by atoms with Gasteiger partial charge in [0.15, 0.2) is 6.10 Å². The van der Waals surface area contributed by atoms with Crippen LogP contribution in [0.3, 0.4) is 0 Å². The average Bonchev–Trinajstić information content (AvgIpc) is 2.53. The van der Waals surface area contributed by atoms with Crippen molar-refractivity contribution in [3.63, 3.8) is 0 Å². The maximum atomic E-state index is 14.0. The van der Waals surface area contributed by atoms with Crippen LogP contribution < -0.4 is 0 Å². The largest absolute Gasteiger partial charge is 0.414 e. The van der Waals surface area contributed by atoms with Gasteiger partial charge in [0.2, 0.25) is 5.91 Å². The quantitative estimate of drug-likeness (QED) is 0.853. The first kappa shape index (κ1) is 18.7. The Kier molecular flexibility index (Phi) is 5.22. The first-order chi connectivity index (χ1) is 11.0. The van der Waals surface area contributed by atoms with E-state index >= 15 is 0 Å². The molecule has 0 radical (unpaired) electrons. The van der Waals surface area contributed by atoms with Gasteiger partial charge in [-0.3, -0.25) is 4.79 Å². The van der Waals surface area contributed by atoms with E-state index in [-0.39, 0.29) is 37.4 Å². The molecule has 1 aromatic carbocycles. The third-order valence-electron chi connectivity index (χ3n) is 4.69. The molecule has 134 valence electrons. The van der Waals surface area contributed by atoms with Crippen LogP contribution in [-0.4, -0.2) is 41.3 Å². The molecule has 1 saturated heterocycles. The first-order valence-corrected chi connectivity index (χ1v) is 7.84. The van der Waals surface area contributed by atoms with Gasteiger partial charge in [0.05, 0.1) is 5.41 Å². The Balaban J connectivity index is 2.06. The van der Waals surface area contributed by atoms with Crippen LogP contribution in [0.25, 0.3) is 0 Å². The van der Waals surface area contributed by atoms with Crippen molar-refractivity contribution in [3.05, 3.63) is 35.6 Å². The Morgan fingerprint density at radius 1 is 1.21 bits per heavy atom. The number of nitrogens with zero attached hydrogens (tertiary/aromatic N) is 1. The second kappa shape index (κ2) is 6.70. The number of piperidine rings is 1. The van der Waals surface area contributed by atoms with Gasteiger partial charge in [0.1, 0.15) is 5.82 Å². The van der Waals surface area contributed by atoms with Crippen LogP contribution in [0.4, 0.5) is 17.6 Å². The van der Waals surface area contributed by atoms with E-state index in [0.717, 1.165) is 0 Å². The standard InChI is InChI=1S/C17H21F4NO2/c1-16(2,12-5-3-4-6-13(12)18)15(24)22-9-7-11(8-10-22)14(23)17(19,20)21/h3-6,11,14,23H,7-10H2,1-2H3. The minimum atomic E-state index is -4.65. The maximum absolute atomic E-state index is 14.0. The zero-order valence-electron chi connectivity index (χ0n) is 13.6. The Morgan fingerprint density at radius 2 is 1.75 bits per heavy atom. The zero-order chi connectivity index (χ0) is 18.1. The van der Waals surface area contributed by atoms with E-state index in [9.17, 15) is 27.5 Å². The van der Waals surface area contributed by atoms with Crippen molar-refractivity contribution in [2.24, 2.45) is 5.92 Å². The SMILES string of the molecule is CC(C)(C(=O)N1CCC(C(O)C(F)(F)F)CC1)c1ccccc1F. The Labute approximate surface area is 138 Å². The predicted molar refractivity (Wildman–Crippen MR) is 80.8 cm³/mol. The minimum Gasteiger partial charge on any atom is -0.383 e. The van der Waals surface area contributed by atoms with Crippen molar-refractivity contribution >= 4 is 5.91 Å². The summed E-state index contributed by atoms with van der Waals surface area (Å²) in [5.74, 6) is -1.73. The Hall–Kier alpha value is -1.63. The van der Waals surface area contributed by atoms with E-state index in [0.29, 0.717) is 0 Å². The fourth-order valence-electron chi connectivity index (χ4n) is 3.16. The van der Waals surface area contributed by atoms with Gasteiger partial charge in [-0.1, -0.05) is 18.2 Å². The summed E-state index contributed by atoms with van der Waals surface area (Å²) >= 11 is 0. The van der Waals surface area contributed by atoms with Crippen molar-refractivity contribution < 1.29 is 27.5 Å². The van der Waals surface area contributed by atoms with Crippen LogP contribution in [0, 0.1) is 11.7 Å². The summed E-state index contributed by atoms with van der Waals surface area (Å²) in [7, 11) is 0. The molecule has 0 aliphatic carbocycles. The number of likely N-dealkylation sites (tertiary alicyclic amines) is 1. The van der Waals surface area contributed by atoms with Gasteiger partial charge in [-0.05, 0) is 38.7 Å². The third-order valence-corrected chi connectivity index (χ3v) is 4.69. The highest BCUT2D eigenvalue weighted by atomic mass is 19.4. The molecular weight excluding hydrogens is 326 g/mol. The molecule has 7 heteroatoms. The molecule has 3 nitrogen and oxygen atoms in total. The van der Waals surface area contributed by atoms with E-state index in [1.165, 1.54) is 23.1 Å². The minimum absolute atomic E-state index is 0.0692. The number of halogens is 4. The first-order valence-electron chi connectivity index (χ1n) is 7.84. The average molecular weight is 347 g/mol. The summed E-state index contributed by atoms with van der Waals surface area (Å²) in [5.41, 5.74) is -0.853. The summed E-state index contributed by atoms with van der Waals surface area (Å²) in [6.07, 6.45) is -6.88. The van der Waals surface area contributed by atoms with Crippen molar-refractivity contribution in [2.75, 3.05) is 13.1 Å². The number of amides is 1. The number of aliphatic hydroxyl groups excluding tert-OH is 1. The number of benzene rings is 1. The molecule has 0 spiro atoms. The molecule has 1 atom stereocenters. The number of hydrogen-bond acceptors (Lipinski definition) is 2. The summed E-state index contributed by atoms with van der Waals surface area (Å²) < 4.78 is 51.7. The van der Waals surface area contributed by atoms with E-state index in [4.69, 9.17) is 0 Å². The number of carbonyl (C=O) groups excluding carboxylic acids is 1. The van der Waals surface area contributed by atoms with Gasteiger partial charge in [-0.15, -0.1) is 0 Å². The fourth-order valence-corrected chi connectivity index (χ4v) is 3.16. The van der Waals surface area contributed by atoms with Gasteiger partial charge in [-0.25, -0.2) is 4.39 Å². The number of rotatable bonds is 3. The molecule has 1 fully saturated rings. The fraction of sp³-hybridized carbons (Fsp3) is 0.588. The van der Waals surface area contributed by atoms with Crippen molar-refractivity contribution in [3.8, 4) is 0 Å². The number of alkyl halides is 3. The molecular formula is C17H21F4NO2. The molecule has 1 heterocycles. The van der Waals surface area contributed by atoms with E-state index < -0.39 is 29.4 Å². The van der Waals surface area contributed by atoms with Crippen LogP contribution in [0.15, 0.2) is 24.3 Å². The Morgan fingerprint density at radius 3 is 2.25 bits per heavy atom. The van der Waals surface area contributed by atoms with Gasteiger partial charge >= 0.3 is 6.18 Å². The summed E-state index contributed by atoms with van der Waals surface area (Å²) in [6, 6.07) is 5.98. The molecule has 1 N–H and O–H groups in total. The molecule has 1 aromatic rings. The van der Waals surface area contributed by atoms with Crippen LogP contribution in [0.1, 0.15) is 32.3 Å². The predicted octanol–water partition coefficient (Wildman–Crippen LogP) is 3.27. The van der Waals surface area contributed by atoms with Crippen molar-refractivity contribution in [1.29, 1.82) is 0 Å². The molecule has 1 aliphatic heterocycles. The highest BCUT2D eigenvalue weighted by molar-refractivity contribution is 5.87. The van der Waals surface area contributed by atoms with Crippen LogP contribution in [0.2, 0.25) is 0 Å². The smallest absolute Gasteiger partial charge is 0.383 e. The van der Waals surface area contributed by atoms with Gasteiger partial charge in [-0.2, -0.15) is 13.2 Å². The summed E-state index contributed by atoms with van der Waals surface area (Å²) in [5, 5.41) is 9.33. The number of carbonyl (C=O) groups is 1. The summed E-state index contributed by atoms with van der Waals surface area (Å²) in [6.45, 7) is 3.44. The molecule has 2 rings (SSSR count). The molecule has 0 bridgehead atoms. The lowest BCUT2D eigenvalue weighted by Crippen LogP contribution is -2.50. The number of hydrogen-bond donors (Lipinski definition) is 1. The molecule has 1 aliphatic rings. The lowest BCUT2D eigenvalue weighted by Gasteiger charge is -2.38. The third kappa shape index (κ3) is 3.71. The van der Waals surface area contributed by atoms with E-state index in [2.05, 4.69) is 0 Å². The van der Waals surface area contributed by atoms with Gasteiger partial charge in [0.25, 0.3) is 0 Å². The normalized spacial score (nSPS) is 18.5. The van der Waals surface area contributed by atoms with E-state index in [1.54, 1.807) is 19.9 Å². The van der Waals surface area contributed by atoms with Crippen LogP contribution in [0.5, 0.6) is 0 Å². The maximum Gasteiger partial charge on any atom is 0.414 e. The monoisotopic (exact) mass is 347 g/mol. The Bertz CT molecular complexity index is 592. The van der Waals surface area contributed by atoms with Gasteiger partial charge in [0, 0.05) is 18.7 Å². The molecule has 0 aromatic heterocycles. The molecule has 1 unspecified atom stereocenters. The molecule has 0 saturated carbocycles. The van der Waals surface area contributed by atoms with Gasteiger partial charge < -0.3 is 10.0 Å². The zero-order valence-corrected chi connectivity index (χ0v) is 13.6. The lowest BCUT2D eigenvalue weighted by molar-refractivity contribution is -0.223. The molecule has 24 heavy (non-hydrogen) atoms. The summed E-state index contributed by atoms with van der Waals surface area (Å²) in [4.78, 5) is 14.2. The lowest BCUT2D eigenvalue weighted by atomic mass is 9.81. The number of aliphatic hydroxyl groups is 1. The van der Waals surface area contributed by atoms with Crippen LogP contribution >= 0.6 is 0 Å². The van der Waals surface area contributed by atoms with E-state index in [1.807, 2.05) is 0 Å². The van der Waals surface area contributed by atoms with Crippen molar-refractivity contribution in [1.82, 2.24) is 4.90 Å². The van der Waals surface area contributed by atoms with Crippen molar-refractivity contribution in [2.45, 2.75) is 44.4 Å². The second-order valence-electron chi connectivity index (χ2n) is 6.72. The second-order valence-corrected chi connectivity index (χ2v) is 6.72.